The van der Waals surface area contributed by atoms with Gasteiger partial charge in [0.25, 0.3) is 5.91 Å². The minimum Gasteiger partial charge on any atom is -0.497 e. The van der Waals surface area contributed by atoms with E-state index < -0.39 is 12.1 Å². The molecule has 0 aliphatic heterocycles. The molecule has 0 radical (unpaired) electrons. The molecule has 2 atom stereocenters. The molecule has 6 rings (SSSR count). The average molecular weight is 536 g/mol. The molecule has 0 saturated carbocycles. The molecule has 200 valence electrons. The summed E-state index contributed by atoms with van der Waals surface area (Å²) in [6.07, 6.45) is 2.99. The van der Waals surface area contributed by atoms with Gasteiger partial charge < -0.3 is 14.8 Å². The second-order valence-corrected chi connectivity index (χ2v) is 9.43. The van der Waals surface area contributed by atoms with Crippen LogP contribution in [0.15, 0.2) is 103 Å². The molecule has 1 amide bonds. The predicted octanol–water partition coefficient (Wildman–Crippen LogP) is 5.76. The number of benzene rings is 3. The summed E-state index contributed by atoms with van der Waals surface area (Å²) in [5.41, 5.74) is 3.59. The molecule has 3 heterocycles. The van der Waals surface area contributed by atoms with E-state index in [0.717, 1.165) is 27.7 Å². The molecule has 0 bridgehead atoms. The molecule has 0 aliphatic carbocycles. The zero-order valence-corrected chi connectivity index (χ0v) is 21.9. The maximum absolute atomic E-state index is 13.4. The second-order valence-electron chi connectivity index (χ2n) is 9.43. The number of hydrogen-bond acceptors (Lipinski definition) is 5. The Morgan fingerprint density at radius 1 is 0.950 bits per heavy atom. The number of amides is 1. The van der Waals surface area contributed by atoms with Gasteiger partial charge in [0.2, 0.25) is 0 Å². The van der Waals surface area contributed by atoms with Gasteiger partial charge in [-0.15, -0.1) is 0 Å². The van der Waals surface area contributed by atoms with Gasteiger partial charge in [0.1, 0.15) is 23.4 Å². The first kappa shape index (κ1) is 25.1. The van der Waals surface area contributed by atoms with Crippen molar-refractivity contribution in [2.75, 3.05) is 7.11 Å². The number of nitrogens with one attached hydrogen (secondary N) is 1. The standard InChI is InChI=1S/C31H26FN5O3/c1-20(34-31(38)28-18-25-7-3-4-15-36(25)35-28)30(21-6-5-8-26(16-21)39-2)40-27-13-14-29-22(17-27)19-33-37(29)24-11-9-23(32)10-12-24/h3-20,30H,1-2H3,(H,34,38)/t20-,30+/m0/s1. The quantitative estimate of drug-likeness (QED) is 0.268. The van der Waals surface area contributed by atoms with E-state index in [4.69, 9.17) is 9.47 Å². The van der Waals surface area contributed by atoms with Gasteiger partial charge in [0.05, 0.1) is 36.1 Å². The number of rotatable bonds is 8. The van der Waals surface area contributed by atoms with Crippen LogP contribution in [0.25, 0.3) is 22.1 Å². The van der Waals surface area contributed by atoms with Gasteiger partial charge in [-0.25, -0.2) is 13.6 Å². The number of nitrogens with zero attached hydrogens (tertiary/aromatic N) is 4. The van der Waals surface area contributed by atoms with Gasteiger partial charge in [0.15, 0.2) is 5.69 Å². The number of pyridine rings is 1. The molecule has 0 fully saturated rings. The van der Waals surface area contributed by atoms with Gasteiger partial charge in [0, 0.05) is 11.6 Å². The fourth-order valence-electron chi connectivity index (χ4n) is 4.70. The van der Waals surface area contributed by atoms with Crippen LogP contribution in [0.4, 0.5) is 4.39 Å². The van der Waals surface area contributed by atoms with Crippen LogP contribution in [-0.4, -0.2) is 38.5 Å². The van der Waals surface area contributed by atoms with Crippen LogP contribution >= 0.6 is 0 Å². The Bertz CT molecular complexity index is 1780. The maximum Gasteiger partial charge on any atom is 0.272 e. The van der Waals surface area contributed by atoms with Crippen molar-refractivity contribution in [3.63, 3.8) is 0 Å². The highest BCUT2D eigenvalue weighted by Gasteiger charge is 2.25. The Morgan fingerprint density at radius 2 is 1.80 bits per heavy atom. The van der Waals surface area contributed by atoms with E-state index in [0.29, 0.717) is 17.2 Å². The molecular formula is C31H26FN5O3. The highest BCUT2D eigenvalue weighted by Crippen LogP contribution is 2.30. The van der Waals surface area contributed by atoms with Crippen LogP contribution in [0.3, 0.4) is 0 Å². The van der Waals surface area contributed by atoms with Gasteiger partial charge in [-0.05, 0) is 85.3 Å². The van der Waals surface area contributed by atoms with Crippen molar-refractivity contribution in [2.24, 2.45) is 0 Å². The van der Waals surface area contributed by atoms with Gasteiger partial charge in [-0.3, -0.25) is 4.79 Å². The minimum absolute atomic E-state index is 0.302. The van der Waals surface area contributed by atoms with E-state index in [1.54, 1.807) is 46.9 Å². The Kier molecular flexibility index (Phi) is 6.61. The van der Waals surface area contributed by atoms with Crippen LogP contribution in [0, 0.1) is 5.82 Å². The number of aromatic nitrogens is 4. The van der Waals surface area contributed by atoms with Crippen LogP contribution in [0.5, 0.6) is 11.5 Å². The predicted molar refractivity (Wildman–Crippen MR) is 150 cm³/mol. The molecule has 8 nitrogen and oxygen atoms in total. The van der Waals surface area contributed by atoms with Gasteiger partial charge >= 0.3 is 0 Å². The smallest absolute Gasteiger partial charge is 0.272 e. The van der Waals surface area contributed by atoms with Crippen molar-refractivity contribution < 1.29 is 18.7 Å². The molecule has 6 aromatic rings. The number of halogens is 1. The van der Waals surface area contributed by atoms with E-state index in [1.807, 2.05) is 67.6 Å². The maximum atomic E-state index is 13.4. The fourth-order valence-corrected chi connectivity index (χ4v) is 4.70. The third kappa shape index (κ3) is 4.96. The normalized spacial score (nSPS) is 12.8. The van der Waals surface area contributed by atoms with Crippen molar-refractivity contribution in [2.45, 2.75) is 19.1 Å². The summed E-state index contributed by atoms with van der Waals surface area (Å²) in [6, 6.07) is 26.4. The molecule has 3 aromatic carbocycles. The molecule has 9 heteroatoms. The molecule has 40 heavy (non-hydrogen) atoms. The first-order valence-corrected chi connectivity index (χ1v) is 12.8. The molecule has 3 aromatic heterocycles. The summed E-state index contributed by atoms with van der Waals surface area (Å²) in [5.74, 6) is 0.680. The summed E-state index contributed by atoms with van der Waals surface area (Å²) < 4.78 is 28.8. The highest BCUT2D eigenvalue weighted by atomic mass is 19.1. The van der Waals surface area contributed by atoms with Crippen LogP contribution in [0.2, 0.25) is 0 Å². The van der Waals surface area contributed by atoms with E-state index >= 15 is 0 Å². The van der Waals surface area contributed by atoms with Crippen molar-refractivity contribution in [3.05, 3.63) is 120 Å². The van der Waals surface area contributed by atoms with Crippen LogP contribution in [-0.2, 0) is 0 Å². The highest BCUT2D eigenvalue weighted by molar-refractivity contribution is 5.93. The average Bonchev–Trinajstić information content (AvgIpc) is 3.61. The third-order valence-corrected chi connectivity index (χ3v) is 6.71. The minimum atomic E-state index is -0.541. The lowest BCUT2D eigenvalue weighted by Gasteiger charge is -2.26. The zero-order valence-electron chi connectivity index (χ0n) is 21.9. The largest absolute Gasteiger partial charge is 0.497 e. The summed E-state index contributed by atoms with van der Waals surface area (Å²) in [5, 5.41) is 12.8. The lowest BCUT2D eigenvalue weighted by atomic mass is 10.0. The Hall–Kier alpha value is -5.18. The van der Waals surface area contributed by atoms with Crippen molar-refractivity contribution in [3.8, 4) is 17.2 Å². The number of hydrogen-bond donors (Lipinski definition) is 1. The number of fused-ring (bicyclic) bond motifs is 2. The molecule has 0 saturated heterocycles. The van der Waals surface area contributed by atoms with E-state index in [-0.39, 0.29) is 11.7 Å². The topological polar surface area (TPSA) is 82.7 Å². The van der Waals surface area contributed by atoms with E-state index in [9.17, 15) is 9.18 Å². The molecule has 1 N–H and O–H groups in total. The first-order valence-electron chi connectivity index (χ1n) is 12.8. The number of carbonyl (C=O) groups is 1. The SMILES string of the molecule is COc1cccc([C@H](Oc2ccc3c(cnn3-c3ccc(F)cc3)c2)[C@H](C)NC(=O)c2cc3ccccn3n2)c1. The Balaban J connectivity index is 1.29. The summed E-state index contributed by atoms with van der Waals surface area (Å²) >= 11 is 0. The van der Waals surface area contributed by atoms with Gasteiger partial charge in [-0.1, -0.05) is 18.2 Å². The van der Waals surface area contributed by atoms with E-state index in [1.165, 1.54) is 12.1 Å². The van der Waals surface area contributed by atoms with E-state index in [2.05, 4.69) is 15.5 Å². The Labute approximate surface area is 229 Å². The van der Waals surface area contributed by atoms with Crippen molar-refractivity contribution >= 4 is 22.3 Å². The molecule has 0 spiro atoms. The zero-order chi connectivity index (χ0) is 27.6. The lowest BCUT2D eigenvalue weighted by molar-refractivity contribution is 0.0876. The monoisotopic (exact) mass is 535 g/mol. The fraction of sp³-hybridized carbons (Fsp3) is 0.129. The summed E-state index contributed by atoms with van der Waals surface area (Å²) in [6.45, 7) is 1.89. The molecule has 0 aliphatic rings. The summed E-state index contributed by atoms with van der Waals surface area (Å²) in [7, 11) is 1.61. The van der Waals surface area contributed by atoms with Crippen molar-refractivity contribution in [1.82, 2.24) is 24.7 Å². The van der Waals surface area contributed by atoms with Crippen LogP contribution < -0.4 is 14.8 Å². The first-order chi connectivity index (χ1) is 19.5. The molecule has 0 unspecified atom stereocenters. The Morgan fingerprint density at radius 3 is 2.60 bits per heavy atom. The van der Waals surface area contributed by atoms with Crippen molar-refractivity contribution in [1.29, 1.82) is 0 Å². The number of carbonyl (C=O) groups excluding carboxylic acids is 1. The second kappa shape index (κ2) is 10.5. The van der Waals surface area contributed by atoms with Crippen LogP contribution in [0.1, 0.15) is 29.1 Å². The number of methoxy groups -OCH3 is 1. The lowest BCUT2D eigenvalue weighted by Crippen LogP contribution is -2.39. The molecular weight excluding hydrogens is 509 g/mol. The summed E-state index contributed by atoms with van der Waals surface area (Å²) in [4.78, 5) is 13.2. The number of ether oxygens (including phenoxy) is 2. The van der Waals surface area contributed by atoms with Gasteiger partial charge in [-0.2, -0.15) is 10.2 Å². The third-order valence-electron chi connectivity index (χ3n) is 6.71.